The smallest absolute Gasteiger partial charge is 0.122 e. The number of aliphatic hydroxyl groups is 1. The quantitative estimate of drug-likeness (QED) is 0.745. The van der Waals surface area contributed by atoms with Crippen LogP contribution in [-0.4, -0.2) is 16.8 Å². The third-order valence-corrected chi connectivity index (χ3v) is 2.99. The van der Waals surface area contributed by atoms with Gasteiger partial charge in [-0.2, -0.15) is 0 Å². The van der Waals surface area contributed by atoms with E-state index in [0.29, 0.717) is 0 Å². The summed E-state index contributed by atoms with van der Waals surface area (Å²) in [6.07, 6.45) is 0.436. The number of rotatable bonds is 3. The van der Waals surface area contributed by atoms with Gasteiger partial charge in [-0.15, -0.1) is 0 Å². The molecule has 14 heavy (non-hydrogen) atoms. The molecular weight excluding hydrogens is 176 g/mol. The second-order valence-electron chi connectivity index (χ2n) is 4.02. The van der Waals surface area contributed by atoms with Crippen LogP contribution in [0.3, 0.4) is 0 Å². The fourth-order valence-electron chi connectivity index (χ4n) is 1.91. The van der Waals surface area contributed by atoms with Crippen molar-refractivity contribution in [3.63, 3.8) is 0 Å². The van der Waals surface area contributed by atoms with Crippen molar-refractivity contribution in [1.29, 1.82) is 0 Å². The third kappa shape index (κ3) is 1.45. The molecule has 0 bridgehead atoms. The Morgan fingerprint density at radius 3 is 2.64 bits per heavy atom. The molecule has 3 atom stereocenters. The molecule has 0 aromatic heterocycles. The van der Waals surface area contributed by atoms with Crippen LogP contribution in [0.15, 0.2) is 30.3 Å². The highest BCUT2D eigenvalue weighted by Gasteiger charge is 2.57. The predicted molar refractivity (Wildman–Crippen MR) is 55.0 cm³/mol. The summed E-state index contributed by atoms with van der Waals surface area (Å²) in [5.74, 6) is 0. The zero-order chi connectivity index (χ0) is 10.2. The minimum Gasteiger partial charge on any atom is -0.390 e. The van der Waals surface area contributed by atoms with Crippen molar-refractivity contribution in [2.45, 2.75) is 38.1 Å². The van der Waals surface area contributed by atoms with Gasteiger partial charge in [-0.1, -0.05) is 37.3 Å². The van der Waals surface area contributed by atoms with Gasteiger partial charge in [0.05, 0.1) is 6.10 Å². The van der Waals surface area contributed by atoms with Crippen LogP contribution in [0.5, 0.6) is 0 Å². The number of ether oxygens (including phenoxy) is 1. The highest BCUT2D eigenvalue weighted by atomic mass is 16.6. The summed E-state index contributed by atoms with van der Waals surface area (Å²) in [7, 11) is 0. The van der Waals surface area contributed by atoms with Crippen LogP contribution in [0.25, 0.3) is 0 Å². The summed E-state index contributed by atoms with van der Waals surface area (Å²) in [5.41, 5.74) is 0.790. The fraction of sp³-hybridized carbons (Fsp3) is 0.500. The summed E-state index contributed by atoms with van der Waals surface area (Å²) < 4.78 is 5.59. The van der Waals surface area contributed by atoms with E-state index in [1.54, 1.807) is 0 Å². The van der Waals surface area contributed by atoms with Crippen molar-refractivity contribution in [3.8, 4) is 0 Å². The van der Waals surface area contributed by atoms with Gasteiger partial charge >= 0.3 is 0 Å². The van der Waals surface area contributed by atoms with Gasteiger partial charge in [-0.25, -0.2) is 0 Å². The van der Waals surface area contributed by atoms with Crippen molar-refractivity contribution in [2.24, 2.45) is 0 Å². The van der Waals surface area contributed by atoms with Gasteiger partial charge in [0, 0.05) is 0 Å². The van der Waals surface area contributed by atoms with E-state index in [1.807, 2.05) is 44.2 Å². The maximum Gasteiger partial charge on any atom is 0.122 e. The topological polar surface area (TPSA) is 32.8 Å². The lowest BCUT2D eigenvalue weighted by Crippen LogP contribution is -2.26. The SMILES string of the molecule is CC[C@H](O)[C@]1(C)O[C@H]1c1ccccc1. The highest BCUT2D eigenvalue weighted by Crippen LogP contribution is 2.52. The summed E-state index contributed by atoms with van der Waals surface area (Å²) in [5, 5.41) is 9.76. The highest BCUT2D eigenvalue weighted by molar-refractivity contribution is 5.26. The maximum absolute atomic E-state index is 9.76. The van der Waals surface area contributed by atoms with Gasteiger partial charge in [0.1, 0.15) is 11.7 Å². The second kappa shape index (κ2) is 3.37. The van der Waals surface area contributed by atoms with Crippen molar-refractivity contribution < 1.29 is 9.84 Å². The first-order valence-electron chi connectivity index (χ1n) is 5.09. The van der Waals surface area contributed by atoms with Gasteiger partial charge in [0.25, 0.3) is 0 Å². The molecule has 1 saturated heterocycles. The van der Waals surface area contributed by atoms with Crippen molar-refractivity contribution in [2.75, 3.05) is 0 Å². The van der Waals surface area contributed by atoms with Crippen molar-refractivity contribution in [1.82, 2.24) is 0 Å². The largest absolute Gasteiger partial charge is 0.390 e. The van der Waals surface area contributed by atoms with Crippen molar-refractivity contribution in [3.05, 3.63) is 35.9 Å². The van der Waals surface area contributed by atoms with Crippen LogP contribution >= 0.6 is 0 Å². The Morgan fingerprint density at radius 1 is 1.43 bits per heavy atom. The molecule has 0 amide bonds. The third-order valence-electron chi connectivity index (χ3n) is 2.99. The number of hydrogen-bond acceptors (Lipinski definition) is 2. The number of benzene rings is 1. The molecule has 1 aliphatic rings. The lowest BCUT2D eigenvalue weighted by molar-refractivity contribution is 0.0817. The lowest BCUT2D eigenvalue weighted by Gasteiger charge is -2.12. The molecule has 0 aliphatic carbocycles. The molecule has 1 fully saturated rings. The van der Waals surface area contributed by atoms with E-state index in [1.165, 1.54) is 0 Å². The van der Waals surface area contributed by atoms with Gasteiger partial charge in [0.2, 0.25) is 0 Å². The van der Waals surface area contributed by atoms with Crippen LogP contribution in [-0.2, 0) is 4.74 Å². The molecule has 0 radical (unpaired) electrons. The van der Waals surface area contributed by atoms with E-state index < -0.39 is 0 Å². The zero-order valence-corrected chi connectivity index (χ0v) is 8.60. The molecular formula is C12H16O2. The maximum atomic E-state index is 9.76. The second-order valence-corrected chi connectivity index (χ2v) is 4.02. The van der Waals surface area contributed by atoms with E-state index in [4.69, 9.17) is 4.74 Å². The average Bonchev–Trinajstić information content (AvgIpc) is 2.92. The van der Waals surface area contributed by atoms with Crippen LogP contribution < -0.4 is 0 Å². The Balaban J connectivity index is 2.12. The first kappa shape index (κ1) is 9.69. The molecule has 2 nitrogen and oxygen atoms in total. The zero-order valence-electron chi connectivity index (χ0n) is 8.60. The number of epoxide rings is 1. The van der Waals surface area contributed by atoms with Crippen LogP contribution in [0, 0.1) is 0 Å². The van der Waals surface area contributed by atoms with Crippen LogP contribution in [0.2, 0.25) is 0 Å². The molecule has 1 aromatic carbocycles. The van der Waals surface area contributed by atoms with Crippen LogP contribution in [0.1, 0.15) is 31.9 Å². The summed E-state index contributed by atoms with van der Waals surface area (Å²) in [4.78, 5) is 0. The lowest BCUT2D eigenvalue weighted by atomic mass is 9.94. The van der Waals surface area contributed by atoms with Gasteiger partial charge in [0.15, 0.2) is 0 Å². The van der Waals surface area contributed by atoms with E-state index >= 15 is 0 Å². The minimum absolute atomic E-state index is 0.0682. The monoisotopic (exact) mass is 192 g/mol. The number of hydrogen-bond donors (Lipinski definition) is 1. The molecule has 2 heteroatoms. The first-order chi connectivity index (χ1) is 6.68. The average molecular weight is 192 g/mol. The molecule has 1 aromatic rings. The van der Waals surface area contributed by atoms with Gasteiger partial charge in [-0.05, 0) is 18.9 Å². The van der Waals surface area contributed by atoms with Gasteiger partial charge in [-0.3, -0.25) is 0 Å². The molecule has 0 spiro atoms. The van der Waals surface area contributed by atoms with Crippen molar-refractivity contribution >= 4 is 0 Å². The summed E-state index contributed by atoms with van der Waals surface area (Å²) >= 11 is 0. The Hall–Kier alpha value is -0.860. The van der Waals surface area contributed by atoms with E-state index in [2.05, 4.69) is 0 Å². The van der Waals surface area contributed by atoms with E-state index in [9.17, 15) is 5.11 Å². The minimum atomic E-state index is -0.368. The Bertz CT molecular complexity index is 309. The Labute approximate surface area is 84.5 Å². The molecule has 1 N–H and O–H groups in total. The standard InChI is InChI=1S/C12H16O2/c1-3-10(13)12(2)11(14-12)9-7-5-4-6-8-9/h4-8,10-11,13H,3H2,1-2H3/t10-,11-,12-/m0/s1. The predicted octanol–water partition coefficient (Wildman–Crippen LogP) is 2.29. The molecule has 0 unspecified atom stereocenters. The Morgan fingerprint density at radius 2 is 2.07 bits per heavy atom. The van der Waals surface area contributed by atoms with Gasteiger partial charge < -0.3 is 9.84 Å². The molecule has 1 heterocycles. The normalized spacial score (nSPS) is 32.6. The number of aliphatic hydroxyl groups excluding tert-OH is 1. The molecule has 76 valence electrons. The van der Waals surface area contributed by atoms with E-state index in [-0.39, 0.29) is 17.8 Å². The first-order valence-corrected chi connectivity index (χ1v) is 5.09. The fourth-order valence-corrected chi connectivity index (χ4v) is 1.91. The molecule has 0 saturated carbocycles. The molecule has 1 aliphatic heterocycles. The van der Waals surface area contributed by atoms with E-state index in [0.717, 1.165) is 12.0 Å². The van der Waals surface area contributed by atoms with Crippen LogP contribution in [0.4, 0.5) is 0 Å². The summed E-state index contributed by atoms with van der Waals surface area (Å²) in [6, 6.07) is 10.1. The summed E-state index contributed by atoms with van der Waals surface area (Å²) in [6.45, 7) is 3.94. The molecule has 2 rings (SSSR count). The Kier molecular flexibility index (Phi) is 2.33.